The lowest BCUT2D eigenvalue weighted by molar-refractivity contribution is 0.209. The van der Waals surface area contributed by atoms with Crippen LogP contribution in [0.1, 0.15) is 0 Å². The first-order valence-corrected chi connectivity index (χ1v) is 3.38. The van der Waals surface area contributed by atoms with E-state index in [2.05, 4.69) is 4.99 Å². The van der Waals surface area contributed by atoms with Gasteiger partial charge in [-0.3, -0.25) is 15.7 Å². The van der Waals surface area contributed by atoms with Gasteiger partial charge in [0.15, 0.2) is 0 Å². The smallest absolute Gasteiger partial charge is 0.134 e. The summed E-state index contributed by atoms with van der Waals surface area (Å²) in [5, 5.41) is 8.58. The number of nitrogens with zero attached hydrogens (tertiary/aromatic N) is 1. The topological polar surface area (TPSA) is 44.6 Å². The second kappa shape index (κ2) is 3.95. The Hall–Kier alpha value is -1.06. The molecule has 0 amide bonds. The van der Waals surface area contributed by atoms with Gasteiger partial charge in [-0.2, -0.15) is 0 Å². The molecule has 1 heterocycles. The molecule has 58 valence electrons. The number of nitrogens with one attached hydrogen (secondary N) is 1. The number of hydrogen-bond donors (Lipinski definition) is 2. The van der Waals surface area contributed by atoms with Crippen molar-refractivity contribution < 1.29 is 5.21 Å². The zero-order valence-corrected chi connectivity index (χ0v) is 6.42. The predicted molar refractivity (Wildman–Crippen MR) is 44.6 cm³/mol. The van der Waals surface area contributed by atoms with Gasteiger partial charge in [-0.05, 0) is 6.08 Å². The first-order valence-electron chi connectivity index (χ1n) is 3.01. The van der Waals surface area contributed by atoms with Crippen LogP contribution in [0.2, 0.25) is 0 Å². The Morgan fingerprint density at radius 3 is 3.09 bits per heavy atom. The van der Waals surface area contributed by atoms with Crippen molar-refractivity contribution in [2.24, 2.45) is 4.99 Å². The van der Waals surface area contributed by atoms with Gasteiger partial charge in [-0.1, -0.05) is 23.8 Å². The van der Waals surface area contributed by atoms with Gasteiger partial charge >= 0.3 is 0 Å². The van der Waals surface area contributed by atoms with Crippen LogP contribution in [0.3, 0.4) is 0 Å². The van der Waals surface area contributed by atoms with Crippen molar-refractivity contribution in [3.05, 3.63) is 35.2 Å². The summed E-state index contributed by atoms with van der Waals surface area (Å²) in [7, 11) is 0. The molecule has 3 nitrogen and oxygen atoms in total. The highest BCUT2D eigenvalue weighted by Crippen LogP contribution is 2.06. The average Bonchev–Trinajstić information content (AvgIpc) is 2.30. The van der Waals surface area contributed by atoms with Gasteiger partial charge in [0, 0.05) is 18.0 Å². The summed E-state index contributed by atoms with van der Waals surface area (Å²) >= 11 is 5.56. The van der Waals surface area contributed by atoms with Crippen molar-refractivity contribution in [1.29, 1.82) is 0 Å². The quantitative estimate of drug-likeness (QED) is 0.464. The maximum absolute atomic E-state index is 8.42. The van der Waals surface area contributed by atoms with E-state index in [0.29, 0.717) is 5.57 Å². The summed E-state index contributed by atoms with van der Waals surface area (Å²) in [5.41, 5.74) is 2.48. The standard InChI is InChI=1S/C7H7ClN2O/c8-7(10-11)6-3-1-2-4-9-5-6/h1-5,10-11H. The largest absolute Gasteiger partial charge is 0.290 e. The van der Waals surface area contributed by atoms with Crippen molar-refractivity contribution in [1.82, 2.24) is 5.48 Å². The molecule has 0 radical (unpaired) electrons. The molecule has 0 saturated carbocycles. The van der Waals surface area contributed by atoms with Gasteiger partial charge in [-0.25, -0.2) is 0 Å². The average molecular weight is 171 g/mol. The highest BCUT2D eigenvalue weighted by molar-refractivity contribution is 6.31. The number of allylic oxidation sites excluding steroid dienone is 4. The third-order valence-corrected chi connectivity index (χ3v) is 1.43. The number of hydroxylamine groups is 1. The van der Waals surface area contributed by atoms with Crippen LogP contribution in [0, 0.1) is 0 Å². The molecule has 1 aliphatic heterocycles. The van der Waals surface area contributed by atoms with Gasteiger partial charge in [0.2, 0.25) is 0 Å². The lowest BCUT2D eigenvalue weighted by atomic mass is 10.3. The molecule has 0 aromatic carbocycles. The Morgan fingerprint density at radius 2 is 2.36 bits per heavy atom. The summed E-state index contributed by atoms with van der Waals surface area (Å²) in [6, 6.07) is 0. The Labute approximate surface area is 69.4 Å². The molecular formula is C7H7ClN2O. The van der Waals surface area contributed by atoms with Crippen LogP contribution in [0.5, 0.6) is 0 Å². The lowest BCUT2D eigenvalue weighted by Gasteiger charge is -1.96. The minimum Gasteiger partial charge on any atom is -0.290 e. The molecule has 0 bridgehead atoms. The molecule has 4 heteroatoms. The number of hydrogen-bond acceptors (Lipinski definition) is 3. The lowest BCUT2D eigenvalue weighted by Crippen LogP contribution is -2.04. The SMILES string of the molecule is ONC(Cl)=C1C=CC=CN=C1. The minimum atomic E-state index is 0.161. The molecule has 0 saturated heterocycles. The fourth-order valence-electron chi connectivity index (χ4n) is 0.619. The minimum absolute atomic E-state index is 0.161. The van der Waals surface area contributed by atoms with E-state index >= 15 is 0 Å². The van der Waals surface area contributed by atoms with Crippen LogP contribution < -0.4 is 5.48 Å². The molecule has 0 fully saturated rings. The zero-order valence-electron chi connectivity index (χ0n) is 5.66. The monoisotopic (exact) mass is 170 g/mol. The molecule has 0 aromatic rings. The van der Waals surface area contributed by atoms with Gasteiger partial charge < -0.3 is 0 Å². The number of rotatable bonds is 1. The van der Waals surface area contributed by atoms with E-state index in [1.54, 1.807) is 30.6 Å². The first kappa shape index (κ1) is 8.04. The van der Waals surface area contributed by atoms with E-state index in [0.717, 1.165) is 0 Å². The van der Waals surface area contributed by atoms with Crippen LogP contribution in [-0.2, 0) is 0 Å². The number of halogens is 1. The maximum atomic E-state index is 8.42. The van der Waals surface area contributed by atoms with Crippen LogP contribution in [0.25, 0.3) is 0 Å². The summed E-state index contributed by atoms with van der Waals surface area (Å²) in [6.45, 7) is 0. The van der Waals surface area contributed by atoms with Gasteiger partial charge in [0.25, 0.3) is 0 Å². The summed E-state index contributed by atoms with van der Waals surface area (Å²) in [6.07, 6.45) is 8.46. The van der Waals surface area contributed by atoms with E-state index in [-0.39, 0.29) is 5.16 Å². The van der Waals surface area contributed by atoms with E-state index < -0.39 is 0 Å². The maximum Gasteiger partial charge on any atom is 0.134 e. The molecule has 0 atom stereocenters. The molecule has 1 aliphatic rings. The van der Waals surface area contributed by atoms with Crippen molar-refractivity contribution in [3.8, 4) is 0 Å². The highest BCUT2D eigenvalue weighted by Gasteiger charge is 1.96. The molecular weight excluding hydrogens is 164 g/mol. The fraction of sp³-hybridized carbons (Fsp3) is 0. The van der Waals surface area contributed by atoms with Gasteiger partial charge in [0.1, 0.15) is 5.16 Å². The molecule has 11 heavy (non-hydrogen) atoms. The molecule has 1 rings (SSSR count). The van der Waals surface area contributed by atoms with E-state index in [1.165, 1.54) is 0 Å². The normalized spacial score (nSPS) is 19.8. The van der Waals surface area contributed by atoms with Crippen molar-refractivity contribution in [2.75, 3.05) is 0 Å². The Balaban J connectivity index is 2.90. The fourth-order valence-corrected chi connectivity index (χ4v) is 0.731. The zero-order chi connectivity index (χ0) is 8.10. The Morgan fingerprint density at radius 1 is 1.55 bits per heavy atom. The van der Waals surface area contributed by atoms with Gasteiger partial charge in [-0.15, -0.1) is 0 Å². The molecule has 0 aliphatic carbocycles. The molecule has 2 N–H and O–H groups in total. The third-order valence-electron chi connectivity index (χ3n) is 1.12. The van der Waals surface area contributed by atoms with Crippen molar-refractivity contribution in [2.45, 2.75) is 0 Å². The first-order chi connectivity index (χ1) is 5.34. The van der Waals surface area contributed by atoms with E-state index in [9.17, 15) is 0 Å². The Bertz CT molecular complexity index is 235. The predicted octanol–water partition coefficient (Wildman–Crippen LogP) is 1.57. The van der Waals surface area contributed by atoms with Gasteiger partial charge in [0.05, 0.1) is 0 Å². The molecule has 0 unspecified atom stereocenters. The van der Waals surface area contributed by atoms with Crippen LogP contribution in [0.4, 0.5) is 0 Å². The van der Waals surface area contributed by atoms with Crippen LogP contribution in [0.15, 0.2) is 40.1 Å². The van der Waals surface area contributed by atoms with Crippen molar-refractivity contribution in [3.63, 3.8) is 0 Å². The molecule has 0 spiro atoms. The summed E-state index contributed by atoms with van der Waals surface area (Å²) < 4.78 is 0. The van der Waals surface area contributed by atoms with Crippen LogP contribution >= 0.6 is 11.6 Å². The van der Waals surface area contributed by atoms with E-state index in [4.69, 9.17) is 16.8 Å². The van der Waals surface area contributed by atoms with E-state index in [1.807, 2.05) is 5.48 Å². The number of aliphatic imine (C=N–C) groups is 1. The summed E-state index contributed by atoms with van der Waals surface area (Å²) in [4.78, 5) is 3.86. The highest BCUT2D eigenvalue weighted by atomic mass is 35.5. The second-order valence-electron chi connectivity index (χ2n) is 1.86. The third kappa shape index (κ3) is 2.22. The van der Waals surface area contributed by atoms with Crippen LogP contribution in [-0.4, -0.2) is 11.4 Å². The Kier molecular flexibility index (Phi) is 2.89. The second-order valence-corrected chi connectivity index (χ2v) is 2.24. The van der Waals surface area contributed by atoms with Crippen molar-refractivity contribution >= 4 is 17.8 Å². The summed E-state index contributed by atoms with van der Waals surface area (Å²) in [5.74, 6) is 0. The molecule has 0 aromatic heterocycles.